The lowest BCUT2D eigenvalue weighted by atomic mass is 9.94. The molecular weight excluding hydrogens is 685 g/mol. The van der Waals surface area contributed by atoms with Crippen LogP contribution < -0.4 is 22.3 Å². The van der Waals surface area contributed by atoms with E-state index in [4.69, 9.17) is 11.5 Å². The first-order chi connectivity index (χ1) is 23.5. The number of anilines is 4. The highest BCUT2D eigenvalue weighted by molar-refractivity contribution is 7.91. The van der Waals surface area contributed by atoms with Gasteiger partial charge in [-0.3, -0.25) is 29.5 Å². The number of benzene rings is 4. The first-order valence-corrected chi connectivity index (χ1v) is 17.6. The fourth-order valence-electron chi connectivity index (χ4n) is 5.48. The normalized spacial score (nSPS) is 16.1. The number of carbonyl (C=O) groups excluding carboxylic acids is 2. The van der Waals surface area contributed by atoms with Crippen LogP contribution in [0, 0.1) is 13.8 Å². The number of rotatable bonds is 7. The molecule has 0 saturated heterocycles. The summed E-state index contributed by atoms with van der Waals surface area (Å²) in [6.07, 6.45) is 2.29. The second kappa shape index (κ2) is 12.5. The maximum Gasteiger partial charge on any atom is 0.296 e. The van der Waals surface area contributed by atoms with Crippen molar-refractivity contribution < 1.29 is 35.5 Å². The number of fused-ring (bicyclic) bond motifs is 2. The third kappa shape index (κ3) is 6.55. The van der Waals surface area contributed by atoms with Crippen LogP contribution in [0.1, 0.15) is 43.0 Å². The van der Waals surface area contributed by atoms with Gasteiger partial charge >= 0.3 is 0 Å². The number of nitrogens with two attached hydrogens (primary N) is 2. The SMILES string of the molecule is Cc1cc(-c2ccc(N/N=C3\C(=O)c4cc(N)ccc4C=C3S(=O)(=O)O)c(C)c2)ccc1N/N=C1/C(=O)c2ccc(N)cc2C=C1S(=O)(=O)O. The van der Waals surface area contributed by atoms with E-state index in [9.17, 15) is 35.5 Å². The smallest absolute Gasteiger partial charge is 0.296 e. The number of nitrogens with zero attached hydrogens (tertiary/aromatic N) is 2. The van der Waals surface area contributed by atoms with E-state index in [1.54, 1.807) is 38.1 Å². The van der Waals surface area contributed by atoms with Gasteiger partial charge in [0.1, 0.15) is 9.81 Å². The largest absolute Gasteiger partial charge is 0.399 e. The Balaban J connectivity index is 1.24. The molecule has 0 aromatic heterocycles. The minimum Gasteiger partial charge on any atom is -0.399 e. The van der Waals surface area contributed by atoms with Crippen molar-refractivity contribution >= 4 is 78.1 Å². The van der Waals surface area contributed by atoms with Crippen molar-refractivity contribution in [2.45, 2.75) is 13.8 Å². The molecule has 2 aliphatic carbocycles. The summed E-state index contributed by atoms with van der Waals surface area (Å²) in [5.74, 6) is -1.44. The van der Waals surface area contributed by atoms with E-state index in [1.165, 1.54) is 36.4 Å². The summed E-state index contributed by atoms with van der Waals surface area (Å²) in [6.45, 7) is 3.55. The molecule has 14 nitrogen and oxygen atoms in total. The third-order valence-corrected chi connectivity index (χ3v) is 9.76. The molecule has 0 amide bonds. The molecule has 254 valence electrons. The van der Waals surface area contributed by atoms with E-state index in [1.807, 2.05) is 12.1 Å². The standard InChI is InChI=1S/C34H28N6O8S2/c1-17-11-19(4-9-27(17)37-39-31-30(50(46,47)48)15-22-13-23(35)7-8-25(22)33(31)41)20-5-10-28(18(2)12-20)38-40-32-29(49(43,44)45)14-21-3-6-24(36)16-26(21)34(32)42/h3-16,37-38H,35-36H2,1-2H3,(H,43,44,45)(H,46,47,48)/b39-31+,40-32-. The van der Waals surface area contributed by atoms with Gasteiger partial charge in [-0.1, -0.05) is 18.2 Å². The first kappa shape index (κ1) is 33.9. The van der Waals surface area contributed by atoms with Crippen LogP contribution in [0.3, 0.4) is 0 Å². The van der Waals surface area contributed by atoms with Crippen molar-refractivity contribution in [3.05, 3.63) is 116 Å². The second-order valence-corrected chi connectivity index (χ2v) is 14.3. The molecule has 0 unspecified atom stereocenters. The van der Waals surface area contributed by atoms with E-state index in [0.717, 1.165) is 23.3 Å². The average Bonchev–Trinajstić information content (AvgIpc) is 3.04. The van der Waals surface area contributed by atoms with Gasteiger partial charge in [-0.25, -0.2) is 0 Å². The molecule has 50 heavy (non-hydrogen) atoms. The Labute approximate surface area is 286 Å². The number of hydrogen-bond donors (Lipinski definition) is 6. The first-order valence-electron chi connectivity index (χ1n) is 14.7. The molecule has 4 aromatic carbocycles. The van der Waals surface area contributed by atoms with E-state index >= 15 is 0 Å². The Bertz CT molecular complexity index is 2520. The van der Waals surface area contributed by atoms with Crippen LogP contribution in [0.25, 0.3) is 23.3 Å². The molecule has 0 spiro atoms. The number of ketones is 2. The summed E-state index contributed by atoms with van der Waals surface area (Å²) in [4.78, 5) is 25.0. The van der Waals surface area contributed by atoms with Gasteiger partial charge in [0.05, 0.1) is 11.4 Å². The summed E-state index contributed by atoms with van der Waals surface area (Å²) in [5.41, 5.74) is 21.4. The molecule has 2 aliphatic rings. The molecule has 0 aliphatic heterocycles. The van der Waals surface area contributed by atoms with Crippen LogP contribution in [-0.2, 0) is 20.2 Å². The molecular formula is C34H28N6O8S2. The molecule has 6 rings (SSSR count). The number of hydrazone groups is 2. The fourth-order valence-corrected chi connectivity index (χ4v) is 6.79. The lowest BCUT2D eigenvalue weighted by Crippen LogP contribution is -2.27. The maximum absolute atomic E-state index is 13.2. The van der Waals surface area contributed by atoms with E-state index in [2.05, 4.69) is 21.1 Å². The Morgan fingerprint density at radius 1 is 0.580 bits per heavy atom. The molecule has 16 heteroatoms. The zero-order valence-electron chi connectivity index (χ0n) is 26.3. The molecule has 8 N–H and O–H groups in total. The number of allylic oxidation sites excluding steroid dienone is 2. The predicted molar refractivity (Wildman–Crippen MR) is 193 cm³/mol. The van der Waals surface area contributed by atoms with Gasteiger partial charge in [0.15, 0.2) is 11.4 Å². The van der Waals surface area contributed by atoms with Crippen LogP contribution in [0.5, 0.6) is 0 Å². The number of nitrogen functional groups attached to an aromatic ring is 2. The lowest BCUT2D eigenvalue weighted by molar-refractivity contribution is 0.105. The van der Waals surface area contributed by atoms with Crippen molar-refractivity contribution in [3.8, 4) is 11.1 Å². The van der Waals surface area contributed by atoms with Crippen molar-refractivity contribution in [1.29, 1.82) is 0 Å². The van der Waals surface area contributed by atoms with Crippen molar-refractivity contribution in [3.63, 3.8) is 0 Å². The molecule has 0 saturated carbocycles. The van der Waals surface area contributed by atoms with Gasteiger partial charge in [-0.15, -0.1) is 0 Å². The summed E-state index contributed by atoms with van der Waals surface area (Å²) in [7, 11) is -9.61. The Hall–Kier alpha value is -5.94. The Morgan fingerprint density at radius 2 is 1.04 bits per heavy atom. The van der Waals surface area contributed by atoms with E-state index in [0.29, 0.717) is 33.9 Å². The minimum absolute atomic E-state index is 0.140. The van der Waals surface area contributed by atoms with Crippen LogP contribution >= 0.6 is 0 Å². The van der Waals surface area contributed by atoms with Crippen molar-refractivity contribution in [2.24, 2.45) is 10.2 Å². The zero-order chi connectivity index (χ0) is 36.1. The van der Waals surface area contributed by atoms with Gasteiger partial charge in [0, 0.05) is 22.5 Å². The third-order valence-electron chi connectivity index (χ3n) is 8.03. The highest BCUT2D eigenvalue weighted by Gasteiger charge is 2.34. The van der Waals surface area contributed by atoms with Crippen LogP contribution in [0.2, 0.25) is 0 Å². The summed E-state index contributed by atoms with van der Waals surface area (Å²) >= 11 is 0. The second-order valence-electron chi connectivity index (χ2n) is 11.5. The fraction of sp³-hybridized carbons (Fsp3) is 0.0588. The zero-order valence-corrected chi connectivity index (χ0v) is 27.9. The van der Waals surface area contributed by atoms with Crippen LogP contribution in [0.4, 0.5) is 22.7 Å². The minimum atomic E-state index is -4.81. The quantitative estimate of drug-likeness (QED) is 0.0850. The van der Waals surface area contributed by atoms with Gasteiger partial charge in [0.25, 0.3) is 20.2 Å². The number of carbonyl (C=O) groups is 2. The highest BCUT2D eigenvalue weighted by Crippen LogP contribution is 2.31. The predicted octanol–water partition coefficient (Wildman–Crippen LogP) is 4.92. The van der Waals surface area contributed by atoms with E-state index in [-0.39, 0.29) is 22.3 Å². The molecule has 4 aromatic rings. The van der Waals surface area contributed by atoms with Gasteiger partial charge in [-0.2, -0.15) is 27.0 Å². The molecule has 0 bridgehead atoms. The van der Waals surface area contributed by atoms with Crippen LogP contribution in [0.15, 0.2) is 92.8 Å². The van der Waals surface area contributed by atoms with Gasteiger partial charge in [0.2, 0.25) is 11.6 Å². The van der Waals surface area contributed by atoms with Gasteiger partial charge in [-0.05, 0) is 114 Å². The molecule has 0 heterocycles. The summed E-state index contributed by atoms with van der Waals surface area (Å²) < 4.78 is 68.2. The number of nitrogens with one attached hydrogen (secondary N) is 2. The monoisotopic (exact) mass is 712 g/mol. The van der Waals surface area contributed by atoms with Crippen molar-refractivity contribution in [2.75, 3.05) is 22.3 Å². The molecule has 0 radical (unpaired) electrons. The van der Waals surface area contributed by atoms with Gasteiger partial charge < -0.3 is 11.5 Å². The van der Waals surface area contributed by atoms with Crippen molar-refractivity contribution in [1.82, 2.24) is 0 Å². The topological polar surface area (TPSA) is 244 Å². The maximum atomic E-state index is 13.2. The molecule has 0 atom stereocenters. The summed E-state index contributed by atoms with van der Waals surface area (Å²) in [6, 6.07) is 19.3. The lowest BCUT2D eigenvalue weighted by Gasteiger charge is -2.17. The Morgan fingerprint density at radius 3 is 1.54 bits per heavy atom. The number of Topliss-reactive ketones (excluding diaryl/α,β-unsaturated/α-hetero) is 2. The summed E-state index contributed by atoms with van der Waals surface area (Å²) in [5, 5.41) is 8.13. The molecule has 0 fully saturated rings. The van der Waals surface area contributed by atoms with E-state index < -0.39 is 53.0 Å². The Kier molecular flexibility index (Phi) is 8.49. The van der Waals surface area contributed by atoms with Crippen LogP contribution in [-0.4, -0.2) is 48.9 Å². The number of hydrogen-bond acceptors (Lipinski definition) is 12. The highest BCUT2D eigenvalue weighted by atomic mass is 32.2. The average molecular weight is 713 g/mol. The number of aryl methyl sites for hydroxylation is 2.